The zero-order valence-corrected chi connectivity index (χ0v) is 11.5. The Morgan fingerprint density at radius 1 is 1.19 bits per heavy atom. The number of carboxylic acids is 1. The Morgan fingerprint density at radius 2 is 1.86 bits per heavy atom. The first-order valence-corrected chi connectivity index (χ1v) is 6.37. The molecule has 0 spiro atoms. The van der Waals surface area contributed by atoms with Gasteiger partial charge in [0.25, 0.3) is 0 Å². The lowest BCUT2D eigenvalue weighted by Crippen LogP contribution is -2.23. The van der Waals surface area contributed by atoms with E-state index in [9.17, 15) is 13.6 Å². The van der Waals surface area contributed by atoms with Gasteiger partial charge in [-0.05, 0) is 18.2 Å². The lowest BCUT2D eigenvalue weighted by atomic mass is 10.1. The van der Waals surface area contributed by atoms with Gasteiger partial charge in [0.2, 0.25) is 0 Å². The van der Waals surface area contributed by atoms with Crippen LogP contribution >= 0.6 is 11.6 Å². The van der Waals surface area contributed by atoms with Crippen LogP contribution in [-0.2, 0) is 5.92 Å². The molecule has 0 atom stereocenters. The van der Waals surface area contributed by atoms with Crippen molar-refractivity contribution in [2.24, 2.45) is 0 Å². The van der Waals surface area contributed by atoms with E-state index in [1.54, 1.807) is 6.07 Å². The maximum Gasteiger partial charge on any atom is 0.335 e. The maximum absolute atomic E-state index is 13.9. The van der Waals surface area contributed by atoms with Crippen molar-refractivity contribution >= 4 is 17.6 Å². The van der Waals surface area contributed by atoms with Crippen LogP contribution in [0.25, 0.3) is 0 Å². The number of alkyl halides is 2. The van der Waals surface area contributed by atoms with Gasteiger partial charge in [0.1, 0.15) is 5.75 Å². The Hall–Kier alpha value is -2.14. The van der Waals surface area contributed by atoms with Crippen molar-refractivity contribution in [1.29, 1.82) is 0 Å². The molecule has 0 saturated heterocycles. The van der Waals surface area contributed by atoms with Crippen LogP contribution in [0.5, 0.6) is 5.75 Å². The number of ether oxygens (including phenoxy) is 1. The van der Waals surface area contributed by atoms with Crippen molar-refractivity contribution < 1.29 is 23.4 Å². The van der Waals surface area contributed by atoms with Crippen LogP contribution in [0.3, 0.4) is 0 Å². The van der Waals surface area contributed by atoms with Gasteiger partial charge < -0.3 is 9.84 Å². The highest BCUT2D eigenvalue weighted by molar-refractivity contribution is 6.32. The molecule has 110 valence electrons. The van der Waals surface area contributed by atoms with Gasteiger partial charge in [-0.25, -0.2) is 4.79 Å². The Morgan fingerprint density at radius 3 is 2.43 bits per heavy atom. The van der Waals surface area contributed by atoms with Gasteiger partial charge in [-0.15, -0.1) is 0 Å². The van der Waals surface area contributed by atoms with Crippen LogP contribution in [0.1, 0.15) is 15.9 Å². The molecular formula is C15H11ClF2O3. The number of carboxylic acid groups (broad SMARTS) is 1. The molecule has 0 amide bonds. The first-order chi connectivity index (χ1) is 9.90. The van der Waals surface area contributed by atoms with E-state index in [2.05, 4.69) is 0 Å². The third kappa shape index (κ3) is 3.70. The van der Waals surface area contributed by atoms with Crippen molar-refractivity contribution in [2.75, 3.05) is 6.61 Å². The minimum absolute atomic E-state index is 0.0114. The predicted molar refractivity (Wildman–Crippen MR) is 74.2 cm³/mol. The number of halogens is 3. The van der Waals surface area contributed by atoms with Crippen LogP contribution in [0.2, 0.25) is 5.02 Å². The average molecular weight is 313 g/mol. The van der Waals surface area contributed by atoms with Crippen LogP contribution < -0.4 is 4.74 Å². The van der Waals surface area contributed by atoms with E-state index in [0.29, 0.717) is 0 Å². The number of hydrogen-bond acceptors (Lipinski definition) is 2. The number of benzene rings is 2. The molecule has 2 aromatic carbocycles. The van der Waals surface area contributed by atoms with Crippen LogP contribution in [-0.4, -0.2) is 17.7 Å². The standard InChI is InChI=1S/C15H11ClF2O3/c16-12-8-10(14(19)20)6-7-13(12)21-9-15(17,18)11-4-2-1-3-5-11/h1-8H,9H2,(H,19,20). The molecule has 1 N–H and O–H groups in total. The molecule has 6 heteroatoms. The van der Waals surface area contributed by atoms with Crippen molar-refractivity contribution in [3.8, 4) is 5.75 Å². The van der Waals surface area contributed by atoms with Crippen LogP contribution in [0.15, 0.2) is 48.5 Å². The van der Waals surface area contributed by atoms with Gasteiger partial charge in [0.05, 0.1) is 10.6 Å². The second-order valence-corrected chi connectivity index (χ2v) is 4.72. The van der Waals surface area contributed by atoms with Gasteiger partial charge in [-0.3, -0.25) is 0 Å². The van der Waals surface area contributed by atoms with E-state index in [1.807, 2.05) is 0 Å². The van der Waals surface area contributed by atoms with Gasteiger partial charge in [-0.1, -0.05) is 41.9 Å². The van der Waals surface area contributed by atoms with Crippen LogP contribution in [0.4, 0.5) is 8.78 Å². The third-order valence-corrected chi connectivity index (χ3v) is 3.08. The van der Waals surface area contributed by atoms with Gasteiger partial charge in [0, 0.05) is 5.56 Å². The first kappa shape index (κ1) is 15.3. The fourth-order valence-electron chi connectivity index (χ4n) is 1.68. The molecule has 0 aliphatic carbocycles. The highest BCUT2D eigenvalue weighted by atomic mass is 35.5. The summed E-state index contributed by atoms with van der Waals surface area (Å²) in [5.41, 5.74) is -0.203. The number of rotatable bonds is 5. The quantitative estimate of drug-likeness (QED) is 0.899. The normalized spacial score (nSPS) is 11.2. The maximum atomic E-state index is 13.9. The monoisotopic (exact) mass is 312 g/mol. The Bertz CT molecular complexity index is 645. The molecule has 0 aromatic heterocycles. The highest BCUT2D eigenvalue weighted by Crippen LogP contribution is 2.31. The summed E-state index contributed by atoms with van der Waals surface area (Å²) in [6, 6.07) is 10.9. The van der Waals surface area contributed by atoms with E-state index < -0.39 is 18.5 Å². The number of carbonyl (C=O) groups is 1. The zero-order valence-electron chi connectivity index (χ0n) is 10.7. The topological polar surface area (TPSA) is 46.5 Å². The van der Waals surface area contributed by atoms with Crippen molar-refractivity contribution in [1.82, 2.24) is 0 Å². The molecule has 0 aliphatic heterocycles. The lowest BCUT2D eigenvalue weighted by Gasteiger charge is -2.18. The third-order valence-electron chi connectivity index (χ3n) is 2.78. The van der Waals surface area contributed by atoms with Gasteiger partial charge in [0.15, 0.2) is 6.61 Å². The van der Waals surface area contributed by atoms with E-state index in [1.165, 1.54) is 36.4 Å². The molecule has 0 bridgehead atoms. The van der Waals surface area contributed by atoms with Crippen molar-refractivity contribution in [2.45, 2.75) is 5.92 Å². The van der Waals surface area contributed by atoms with E-state index in [4.69, 9.17) is 21.4 Å². The summed E-state index contributed by atoms with van der Waals surface area (Å²) < 4.78 is 32.9. The molecule has 21 heavy (non-hydrogen) atoms. The summed E-state index contributed by atoms with van der Waals surface area (Å²) in [6.07, 6.45) is 0. The number of aromatic carboxylic acids is 1. The second kappa shape index (κ2) is 6.10. The minimum atomic E-state index is -3.17. The average Bonchev–Trinajstić information content (AvgIpc) is 2.46. The molecule has 0 heterocycles. The fourth-order valence-corrected chi connectivity index (χ4v) is 1.92. The first-order valence-electron chi connectivity index (χ1n) is 5.99. The molecule has 0 saturated carbocycles. The van der Waals surface area contributed by atoms with Crippen molar-refractivity contribution in [3.05, 3.63) is 64.7 Å². The SMILES string of the molecule is O=C(O)c1ccc(OCC(F)(F)c2ccccc2)c(Cl)c1. The molecule has 0 aliphatic rings. The fraction of sp³-hybridized carbons (Fsp3) is 0.133. The van der Waals surface area contributed by atoms with E-state index >= 15 is 0 Å². The largest absolute Gasteiger partial charge is 0.485 e. The smallest absolute Gasteiger partial charge is 0.335 e. The van der Waals surface area contributed by atoms with E-state index in [0.717, 1.165) is 6.07 Å². The lowest BCUT2D eigenvalue weighted by molar-refractivity contribution is -0.0467. The molecular weight excluding hydrogens is 302 g/mol. The highest BCUT2D eigenvalue weighted by Gasteiger charge is 2.32. The van der Waals surface area contributed by atoms with E-state index in [-0.39, 0.29) is 21.9 Å². The zero-order chi connectivity index (χ0) is 15.5. The van der Waals surface area contributed by atoms with Gasteiger partial charge in [-0.2, -0.15) is 8.78 Å². The molecule has 0 unspecified atom stereocenters. The Labute approximate surface area is 124 Å². The summed E-state index contributed by atoms with van der Waals surface area (Å²) in [6.45, 7) is -0.886. The predicted octanol–water partition coefficient (Wildman–Crippen LogP) is 4.21. The summed E-state index contributed by atoms with van der Waals surface area (Å²) in [5.74, 6) is -4.31. The molecule has 2 rings (SSSR count). The molecule has 3 nitrogen and oxygen atoms in total. The van der Waals surface area contributed by atoms with Crippen molar-refractivity contribution in [3.63, 3.8) is 0 Å². The minimum Gasteiger partial charge on any atom is -0.485 e. The Balaban J connectivity index is 2.11. The summed E-state index contributed by atoms with van der Waals surface area (Å²) in [7, 11) is 0. The molecule has 0 radical (unpaired) electrons. The molecule has 2 aromatic rings. The van der Waals surface area contributed by atoms with Gasteiger partial charge >= 0.3 is 11.9 Å². The summed E-state index contributed by atoms with van der Waals surface area (Å²) in [5, 5.41) is 8.76. The Kier molecular flexibility index (Phi) is 4.43. The number of hydrogen-bond donors (Lipinski definition) is 1. The summed E-state index contributed by atoms with van der Waals surface area (Å²) >= 11 is 5.82. The summed E-state index contributed by atoms with van der Waals surface area (Å²) in [4.78, 5) is 10.7. The van der Waals surface area contributed by atoms with Crippen LogP contribution in [0, 0.1) is 0 Å². The molecule has 0 fully saturated rings. The second-order valence-electron chi connectivity index (χ2n) is 4.31.